The molecule has 1 aromatic heterocycles. The van der Waals surface area contributed by atoms with Crippen molar-refractivity contribution in [1.82, 2.24) is 4.98 Å². The lowest BCUT2D eigenvalue weighted by Crippen LogP contribution is -1.93. The zero-order valence-electron chi connectivity index (χ0n) is 16.2. The van der Waals surface area contributed by atoms with Crippen LogP contribution in [-0.2, 0) is 0 Å². The Morgan fingerprint density at radius 2 is 1.17 bits per heavy atom. The molecule has 144 valence electrons. The monoisotopic (exact) mass is 401 g/mol. The van der Waals surface area contributed by atoms with Crippen LogP contribution in [0, 0.1) is 0 Å². The van der Waals surface area contributed by atoms with Crippen LogP contribution in [-0.4, -0.2) is 19.2 Å². The molecular weight excluding hydrogens is 382 g/mol. The van der Waals surface area contributed by atoms with E-state index in [-0.39, 0.29) is 0 Å². The van der Waals surface area contributed by atoms with Crippen LogP contribution in [0.3, 0.4) is 0 Å². The van der Waals surface area contributed by atoms with Gasteiger partial charge in [0.1, 0.15) is 0 Å². The van der Waals surface area contributed by atoms with E-state index in [1.54, 1.807) is 14.2 Å². The van der Waals surface area contributed by atoms with Crippen LogP contribution in [0.15, 0.2) is 84.9 Å². The first-order valence-corrected chi connectivity index (χ1v) is 9.61. The van der Waals surface area contributed by atoms with Crippen LogP contribution in [0.1, 0.15) is 0 Å². The lowest BCUT2D eigenvalue weighted by molar-refractivity contribution is 0.355. The van der Waals surface area contributed by atoms with Crippen LogP contribution < -0.4 is 9.47 Å². The first-order valence-electron chi connectivity index (χ1n) is 9.24. The van der Waals surface area contributed by atoms with Crippen LogP contribution >= 0.6 is 11.6 Å². The second kappa shape index (κ2) is 8.38. The van der Waals surface area contributed by atoms with E-state index in [9.17, 15) is 0 Å². The first-order chi connectivity index (χ1) is 14.2. The molecule has 1 heterocycles. The highest BCUT2D eigenvalue weighted by molar-refractivity contribution is 6.30. The second-order valence-electron chi connectivity index (χ2n) is 6.57. The normalized spacial score (nSPS) is 10.6. The molecule has 3 aromatic carbocycles. The maximum Gasteiger partial charge on any atom is 0.161 e. The predicted molar refractivity (Wildman–Crippen MR) is 119 cm³/mol. The smallest absolute Gasteiger partial charge is 0.161 e. The molecule has 0 amide bonds. The average Bonchev–Trinajstić information content (AvgIpc) is 2.79. The number of methoxy groups -OCH3 is 2. The topological polar surface area (TPSA) is 31.4 Å². The largest absolute Gasteiger partial charge is 0.493 e. The molecule has 0 aliphatic heterocycles. The van der Waals surface area contributed by atoms with Gasteiger partial charge in [-0.1, -0.05) is 60.1 Å². The van der Waals surface area contributed by atoms with Gasteiger partial charge in [0.15, 0.2) is 11.5 Å². The summed E-state index contributed by atoms with van der Waals surface area (Å²) in [7, 11) is 3.28. The highest BCUT2D eigenvalue weighted by atomic mass is 35.5. The average molecular weight is 402 g/mol. The summed E-state index contributed by atoms with van der Waals surface area (Å²) in [6.07, 6.45) is 0. The van der Waals surface area contributed by atoms with Gasteiger partial charge in [0.2, 0.25) is 0 Å². The second-order valence-corrected chi connectivity index (χ2v) is 7.01. The number of rotatable bonds is 5. The lowest BCUT2D eigenvalue weighted by atomic mass is 9.99. The van der Waals surface area contributed by atoms with Crippen molar-refractivity contribution >= 4 is 11.6 Å². The first kappa shape index (κ1) is 19.0. The van der Waals surface area contributed by atoms with Crippen molar-refractivity contribution in [2.75, 3.05) is 14.2 Å². The molecule has 0 spiro atoms. The van der Waals surface area contributed by atoms with Gasteiger partial charge in [0.25, 0.3) is 0 Å². The third kappa shape index (κ3) is 4.10. The zero-order valence-corrected chi connectivity index (χ0v) is 17.0. The zero-order chi connectivity index (χ0) is 20.2. The standard InChI is InChI=1S/C25H20ClNO2/c1-28-24-13-10-19(16-25(24)29-2)20-14-22(17-6-4-3-5-7-17)27-23(15-20)18-8-11-21(26)12-9-18/h3-16H,1-2H3. The molecule has 0 aliphatic carbocycles. The number of aromatic nitrogens is 1. The molecule has 0 N–H and O–H groups in total. The van der Waals surface area contributed by atoms with Gasteiger partial charge in [0.05, 0.1) is 25.6 Å². The number of nitrogens with zero attached hydrogens (tertiary/aromatic N) is 1. The summed E-state index contributed by atoms with van der Waals surface area (Å²) in [6.45, 7) is 0. The van der Waals surface area contributed by atoms with Crippen molar-refractivity contribution in [3.8, 4) is 45.1 Å². The SMILES string of the molecule is COc1ccc(-c2cc(-c3ccccc3)nc(-c3ccc(Cl)cc3)c2)cc1OC. The van der Waals surface area contributed by atoms with Crippen molar-refractivity contribution in [1.29, 1.82) is 0 Å². The van der Waals surface area contributed by atoms with Crippen LogP contribution in [0.25, 0.3) is 33.6 Å². The summed E-state index contributed by atoms with van der Waals surface area (Å²) in [6, 6.07) is 28.0. The van der Waals surface area contributed by atoms with E-state index in [1.807, 2.05) is 60.7 Å². The molecule has 0 atom stereocenters. The van der Waals surface area contributed by atoms with E-state index in [0.29, 0.717) is 16.5 Å². The van der Waals surface area contributed by atoms with Gasteiger partial charge in [-0.15, -0.1) is 0 Å². The van der Waals surface area contributed by atoms with Crippen molar-refractivity contribution in [2.24, 2.45) is 0 Å². The highest BCUT2D eigenvalue weighted by Gasteiger charge is 2.11. The molecule has 0 radical (unpaired) electrons. The van der Waals surface area contributed by atoms with Gasteiger partial charge in [-0.3, -0.25) is 0 Å². The van der Waals surface area contributed by atoms with Gasteiger partial charge in [0, 0.05) is 16.1 Å². The Kier molecular flexibility index (Phi) is 5.50. The maximum atomic E-state index is 6.07. The van der Waals surface area contributed by atoms with E-state index >= 15 is 0 Å². The Morgan fingerprint density at radius 1 is 0.586 bits per heavy atom. The van der Waals surface area contributed by atoms with Crippen LogP contribution in [0.4, 0.5) is 0 Å². The molecule has 3 nitrogen and oxygen atoms in total. The van der Waals surface area contributed by atoms with Gasteiger partial charge < -0.3 is 9.47 Å². The van der Waals surface area contributed by atoms with Crippen molar-refractivity contribution in [2.45, 2.75) is 0 Å². The Morgan fingerprint density at radius 3 is 1.79 bits per heavy atom. The number of ether oxygens (including phenoxy) is 2. The molecule has 0 saturated carbocycles. The Hall–Kier alpha value is -3.30. The number of halogens is 1. The molecule has 4 heteroatoms. The summed E-state index contributed by atoms with van der Waals surface area (Å²) in [5, 5.41) is 0.702. The predicted octanol–water partition coefficient (Wildman–Crippen LogP) is 6.75. The molecule has 0 bridgehead atoms. The van der Waals surface area contributed by atoms with E-state index in [2.05, 4.69) is 24.3 Å². The fourth-order valence-electron chi connectivity index (χ4n) is 3.24. The minimum Gasteiger partial charge on any atom is -0.493 e. The van der Waals surface area contributed by atoms with Gasteiger partial charge >= 0.3 is 0 Å². The Bertz CT molecular complexity index is 1130. The van der Waals surface area contributed by atoms with Crippen LogP contribution in [0.5, 0.6) is 11.5 Å². The lowest BCUT2D eigenvalue weighted by Gasteiger charge is -2.13. The van der Waals surface area contributed by atoms with E-state index in [1.165, 1.54) is 0 Å². The van der Waals surface area contributed by atoms with Crippen molar-refractivity contribution < 1.29 is 9.47 Å². The highest BCUT2D eigenvalue weighted by Crippen LogP contribution is 2.35. The van der Waals surface area contributed by atoms with Crippen molar-refractivity contribution in [3.63, 3.8) is 0 Å². The number of benzene rings is 3. The van der Waals surface area contributed by atoms with Gasteiger partial charge in [-0.05, 0) is 47.5 Å². The van der Waals surface area contributed by atoms with Gasteiger partial charge in [-0.2, -0.15) is 0 Å². The van der Waals surface area contributed by atoms with Crippen LogP contribution in [0.2, 0.25) is 5.02 Å². The van der Waals surface area contributed by atoms with Gasteiger partial charge in [-0.25, -0.2) is 4.98 Å². The summed E-state index contributed by atoms with van der Waals surface area (Å²) >= 11 is 6.07. The van der Waals surface area contributed by atoms with E-state index < -0.39 is 0 Å². The number of pyridine rings is 1. The molecule has 4 aromatic rings. The molecule has 0 saturated heterocycles. The molecule has 29 heavy (non-hydrogen) atoms. The number of hydrogen-bond acceptors (Lipinski definition) is 3. The minimum atomic E-state index is 0.691. The third-order valence-electron chi connectivity index (χ3n) is 4.75. The molecular formula is C25H20ClNO2. The minimum absolute atomic E-state index is 0.691. The van der Waals surface area contributed by atoms with Crippen molar-refractivity contribution in [3.05, 3.63) is 90.0 Å². The maximum absolute atomic E-state index is 6.07. The van der Waals surface area contributed by atoms with E-state index in [0.717, 1.165) is 33.6 Å². The fraction of sp³-hybridized carbons (Fsp3) is 0.0800. The number of hydrogen-bond donors (Lipinski definition) is 0. The molecule has 0 unspecified atom stereocenters. The summed E-state index contributed by atoms with van der Waals surface area (Å²) in [4.78, 5) is 4.91. The van der Waals surface area contributed by atoms with E-state index in [4.69, 9.17) is 26.1 Å². The third-order valence-corrected chi connectivity index (χ3v) is 5.00. The Labute approximate surface area is 175 Å². The summed E-state index contributed by atoms with van der Waals surface area (Å²) in [5.74, 6) is 1.39. The molecule has 0 fully saturated rings. The summed E-state index contributed by atoms with van der Waals surface area (Å²) in [5.41, 5.74) is 5.93. The summed E-state index contributed by atoms with van der Waals surface area (Å²) < 4.78 is 10.9. The Balaban J connectivity index is 1.89. The fourth-order valence-corrected chi connectivity index (χ4v) is 3.36. The molecule has 4 rings (SSSR count). The molecule has 0 aliphatic rings. The quantitative estimate of drug-likeness (QED) is 0.370.